The van der Waals surface area contributed by atoms with Crippen LogP contribution >= 0.6 is 11.6 Å². The molecule has 0 aliphatic rings. The van der Waals surface area contributed by atoms with Crippen LogP contribution in [0.15, 0.2) is 27.8 Å². The monoisotopic (exact) mass is 435 g/mol. The van der Waals surface area contributed by atoms with Crippen LogP contribution in [-0.2, 0) is 11.3 Å². The molecule has 1 amide bonds. The minimum absolute atomic E-state index is 0.0600. The second kappa shape index (κ2) is 9.84. The van der Waals surface area contributed by atoms with Gasteiger partial charge in [0, 0.05) is 23.8 Å². The maximum Gasteiger partial charge on any atom is 0.330 e. The first-order valence-corrected chi connectivity index (χ1v) is 10.3. The van der Waals surface area contributed by atoms with Gasteiger partial charge in [-0.1, -0.05) is 45.4 Å². The summed E-state index contributed by atoms with van der Waals surface area (Å²) >= 11 is 6.13. The number of benzene rings is 1. The summed E-state index contributed by atoms with van der Waals surface area (Å²) in [5.74, 6) is 0.0395. The summed E-state index contributed by atoms with van der Waals surface area (Å²) in [6.45, 7) is 10.3. The summed E-state index contributed by atoms with van der Waals surface area (Å²) in [5.41, 5.74) is 6.55. The van der Waals surface area contributed by atoms with Gasteiger partial charge in [0.2, 0.25) is 5.91 Å². The highest BCUT2D eigenvalue weighted by molar-refractivity contribution is 6.31. The first kappa shape index (κ1) is 23.5. The van der Waals surface area contributed by atoms with E-state index in [2.05, 4.69) is 10.3 Å². The van der Waals surface area contributed by atoms with E-state index < -0.39 is 11.2 Å². The maximum absolute atomic E-state index is 12.8. The topological polar surface area (TPSA) is 113 Å². The number of halogens is 1. The third kappa shape index (κ3) is 5.66. The van der Waals surface area contributed by atoms with Gasteiger partial charge in [-0.2, -0.15) is 0 Å². The fourth-order valence-corrected chi connectivity index (χ4v) is 3.39. The molecule has 0 unspecified atom stereocenters. The number of carbonyl (C=O) groups is 1. The van der Waals surface area contributed by atoms with Crippen molar-refractivity contribution in [2.75, 3.05) is 29.0 Å². The zero-order chi connectivity index (χ0) is 22.6. The van der Waals surface area contributed by atoms with E-state index in [0.717, 1.165) is 5.56 Å². The molecule has 0 fully saturated rings. The summed E-state index contributed by atoms with van der Waals surface area (Å²) < 4.78 is 1.34. The van der Waals surface area contributed by atoms with E-state index in [-0.39, 0.29) is 35.8 Å². The highest BCUT2D eigenvalue weighted by atomic mass is 35.5. The minimum atomic E-state index is -0.607. The van der Waals surface area contributed by atoms with Gasteiger partial charge in [0.1, 0.15) is 11.5 Å². The van der Waals surface area contributed by atoms with E-state index in [1.54, 1.807) is 23.1 Å². The van der Waals surface area contributed by atoms with E-state index in [1.165, 1.54) is 4.57 Å². The lowest BCUT2D eigenvalue weighted by Gasteiger charge is -2.27. The Kier molecular flexibility index (Phi) is 7.72. The standard InChI is InChI=1S/C21H30ClN5O3/c1-12(2)9-26(11-17(28)24-16-8-6-7-15(22)14(16)5)18-19(23)27(10-13(3)4)21(30)25-20(18)29/h6-8,12-13H,9-11,23H2,1-5H3,(H,24,28)(H,25,29,30). The number of nitrogens with one attached hydrogen (secondary N) is 2. The fourth-order valence-electron chi connectivity index (χ4n) is 3.21. The Labute approximate surface area is 181 Å². The number of carbonyl (C=O) groups excluding carboxylic acids is 1. The Hall–Kier alpha value is -2.74. The number of nitrogens with two attached hydrogens (primary N) is 1. The Morgan fingerprint density at radius 1 is 1.23 bits per heavy atom. The van der Waals surface area contributed by atoms with Crippen molar-refractivity contribution in [3.8, 4) is 0 Å². The van der Waals surface area contributed by atoms with Crippen molar-refractivity contribution in [1.29, 1.82) is 0 Å². The van der Waals surface area contributed by atoms with E-state index >= 15 is 0 Å². The Morgan fingerprint density at radius 3 is 2.50 bits per heavy atom. The molecule has 8 nitrogen and oxygen atoms in total. The lowest BCUT2D eigenvalue weighted by molar-refractivity contribution is -0.115. The van der Waals surface area contributed by atoms with Gasteiger partial charge in [0.05, 0.1) is 6.54 Å². The number of H-pyrrole nitrogens is 1. The smallest absolute Gasteiger partial charge is 0.330 e. The molecule has 4 N–H and O–H groups in total. The highest BCUT2D eigenvalue weighted by Gasteiger charge is 2.22. The molecule has 0 bridgehead atoms. The van der Waals surface area contributed by atoms with Gasteiger partial charge in [0.25, 0.3) is 5.56 Å². The molecule has 0 saturated carbocycles. The van der Waals surface area contributed by atoms with Crippen LogP contribution in [0.1, 0.15) is 33.3 Å². The Morgan fingerprint density at radius 2 is 1.90 bits per heavy atom. The number of aromatic amines is 1. The number of hydrogen-bond acceptors (Lipinski definition) is 5. The summed E-state index contributed by atoms with van der Waals surface area (Å²) in [5, 5.41) is 3.38. The van der Waals surface area contributed by atoms with Crippen LogP contribution < -0.4 is 27.2 Å². The summed E-state index contributed by atoms with van der Waals surface area (Å²) in [7, 11) is 0. The van der Waals surface area contributed by atoms with Crippen molar-refractivity contribution in [3.05, 3.63) is 49.6 Å². The van der Waals surface area contributed by atoms with Gasteiger partial charge < -0.3 is 16.0 Å². The van der Waals surface area contributed by atoms with Gasteiger partial charge in [0.15, 0.2) is 0 Å². The quantitative estimate of drug-likeness (QED) is 0.590. The van der Waals surface area contributed by atoms with Gasteiger partial charge in [-0.25, -0.2) is 4.79 Å². The largest absolute Gasteiger partial charge is 0.383 e. The molecule has 2 rings (SSSR count). The van der Waals surface area contributed by atoms with Crippen LogP contribution in [-0.4, -0.2) is 28.5 Å². The number of amides is 1. The summed E-state index contributed by atoms with van der Waals surface area (Å²) in [6, 6.07) is 5.26. The number of hydrogen-bond donors (Lipinski definition) is 3. The van der Waals surface area contributed by atoms with Crippen LogP contribution in [0.3, 0.4) is 0 Å². The fraction of sp³-hybridized carbons (Fsp3) is 0.476. The van der Waals surface area contributed by atoms with E-state index in [0.29, 0.717) is 23.8 Å². The molecular formula is C21H30ClN5O3. The van der Waals surface area contributed by atoms with Crippen LogP contribution in [0.25, 0.3) is 0 Å². The van der Waals surface area contributed by atoms with Crippen molar-refractivity contribution in [3.63, 3.8) is 0 Å². The average molecular weight is 436 g/mol. The summed E-state index contributed by atoms with van der Waals surface area (Å²) in [6.07, 6.45) is 0. The van der Waals surface area contributed by atoms with Crippen LogP contribution in [0.2, 0.25) is 5.02 Å². The van der Waals surface area contributed by atoms with E-state index in [1.807, 2.05) is 34.6 Å². The molecule has 0 atom stereocenters. The molecule has 2 aromatic rings. The van der Waals surface area contributed by atoms with Crippen LogP contribution in [0.4, 0.5) is 17.2 Å². The zero-order valence-electron chi connectivity index (χ0n) is 18.1. The predicted molar refractivity (Wildman–Crippen MR) is 122 cm³/mol. The normalized spacial score (nSPS) is 11.2. The number of nitrogen functional groups attached to an aromatic ring is 1. The average Bonchev–Trinajstić information content (AvgIpc) is 2.61. The first-order valence-electron chi connectivity index (χ1n) is 9.93. The molecule has 1 aromatic carbocycles. The molecule has 9 heteroatoms. The Balaban J connectivity index is 2.40. The van der Waals surface area contributed by atoms with Crippen molar-refractivity contribution in [1.82, 2.24) is 9.55 Å². The van der Waals surface area contributed by atoms with Crippen molar-refractivity contribution >= 4 is 34.7 Å². The van der Waals surface area contributed by atoms with Crippen molar-refractivity contribution in [2.45, 2.75) is 41.2 Å². The molecule has 164 valence electrons. The third-order valence-corrected chi connectivity index (χ3v) is 4.95. The number of anilines is 3. The predicted octanol–water partition coefficient (Wildman–Crippen LogP) is 2.84. The SMILES string of the molecule is Cc1c(Cl)cccc1NC(=O)CN(CC(C)C)c1c(N)n(CC(C)C)c(=O)[nH]c1=O. The van der Waals surface area contributed by atoms with Gasteiger partial charge in [-0.05, 0) is 36.5 Å². The van der Waals surface area contributed by atoms with Crippen LogP contribution in [0, 0.1) is 18.8 Å². The van der Waals surface area contributed by atoms with E-state index in [4.69, 9.17) is 17.3 Å². The molecular weight excluding hydrogens is 406 g/mol. The molecule has 1 aromatic heterocycles. The van der Waals surface area contributed by atoms with Crippen molar-refractivity contribution in [2.24, 2.45) is 11.8 Å². The Bertz CT molecular complexity index is 1030. The lowest BCUT2D eigenvalue weighted by atomic mass is 10.2. The molecule has 0 saturated heterocycles. The summed E-state index contributed by atoms with van der Waals surface area (Å²) in [4.78, 5) is 41.6. The highest BCUT2D eigenvalue weighted by Crippen LogP contribution is 2.23. The molecule has 0 spiro atoms. The van der Waals surface area contributed by atoms with Gasteiger partial charge >= 0.3 is 5.69 Å². The first-order chi connectivity index (χ1) is 14.0. The number of rotatable bonds is 8. The molecule has 0 aliphatic carbocycles. The molecule has 1 heterocycles. The van der Waals surface area contributed by atoms with Gasteiger partial charge in [-0.15, -0.1) is 0 Å². The third-order valence-electron chi connectivity index (χ3n) is 4.54. The van der Waals surface area contributed by atoms with Crippen molar-refractivity contribution < 1.29 is 4.79 Å². The number of aromatic nitrogens is 2. The zero-order valence-corrected chi connectivity index (χ0v) is 18.8. The van der Waals surface area contributed by atoms with E-state index in [9.17, 15) is 14.4 Å². The molecule has 0 aliphatic heterocycles. The van der Waals surface area contributed by atoms with Gasteiger partial charge in [-0.3, -0.25) is 19.1 Å². The number of nitrogens with zero attached hydrogens (tertiary/aromatic N) is 2. The van der Waals surface area contributed by atoms with Crippen LogP contribution in [0.5, 0.6) is 0 Å². The maximum atomic E-state index is 12.8. The minimum Gasteiger partial charge on any atom is -0.383 e. The lowest BCUT2D eigenvalue weighted by Crippen LogP contribution is -2.43. The second-order valence-electron chi connectivity index (χ2n) is 8.23. The molecule has 30 heavy (non-hydrogen) atoms. The molecule has 0 radical (unpaired) electrons. The second-order valence-corrected chi connectivity index (χ2v) is 8.64.